The van der Waals surface area contributed by atoms with Crippen LogP contribution >= 0.6 is 0 Å². The van der Waals surface area contributed by atoms with Gasteiger partial charge in [-0.15, -0.1) is 25.6 Å². The highest BCUT2D eigenvalue weighted by molar-refractivity contribution is 7.86. The summed E-state index contributed by atoms with van der Waals surface area (Å²) in [5.74, 6) is -4.23. The number of carbonyl (C=O) groups excluding carboxylic acids is 1. The summed E-state index contributed by atoms with van der Waals surface area (Å²) in [4.78, 5) is 20.6. The first kappa shape index (κ1) is 42.3. The molecule has 0 saturated heterocycles. The Kier molecular flexibility index (Phi) is 11.2. The fourth-order valence-corrected chi connectivity index (χ4v) is 7.70. The first-order valence-corrected chi connectivity index (χ1v) is 20.5. The number of nitrogens with zero attached hydrogens (tertiary/aromatic N) is 6. The van der Waals surface area contributed by atoms with Crippen molar-refractivity contribution in [2.24, 2.45) is 30.7 Å². The van der Waals surface area contributed by atoms with E-state index in [2.05, 4.69) is 35.4 Å². The average molecular weight is 880 g/mol. The molecule has 6 rings (SSSR count). The summed E-state index contributed by atoms with van der Waals surface area (Å²) in [5.41, 5.74) is 2.43. The predicted octanol–water partition coefficient (Wildman–Crippen LogP) is 7.46. The van der Waals surface area contributed by atoms with Crippen LogP contribution in [0.5, 0.6) is 11.5 Å². The van der Waals surface area contributed by atoms with Crippen LogP contribution in [0.3, 0.4) is 0 Å². The normalized spacial score (nSPS) is 12.6. The Bertz CT molecular complexity index is 3260. The molecule has 0 aromatic heterocycles. The van der Waals surface area contributed by atoms with E-state index in [0.29, 0.717) is 12.1 Å². The van der Waals surface area contributed by atoms with Crippen LogP contribution in [-0.4, -0.2) is 73.3 Å². The highest BCUT2D eigenvalue weighted by Gasteiger charge is 2.29. The number of anilines is 1. The second-order valence-electron chi connectivity index (χ2n) is 12.1. The molecule has 0 aliphatic carbocycles. The lowest BCUT2D eigenvalue weighted by Gasteiger charge is -2.14. The molecule has 308 valence electrons. The molecule has 0 amide bonds. The first-order chi connectivity index (χ1) is 28.1. The van der Waals surface area contributed by atoms with E-state index in [-0.39, 0.29) is 39.0 Å². The lowest BCUT2D eigenvalue weighted by Crippen LogP contribution is -2.04. The van der Waals surface area contributed by atoms with Gasteiger partial charge in [0.15, 0.2) is 11.5 Å². The number of carbonyl (C=O) groups is 2. The third-order valence-corrected chi connectivity index (χ3v) is 11.0. The molecule has 0 aliphatic rings. The number of ether oxygens (including phenoxy) is 1. The minimum absolute atomic E-state index is 0.0730. The third kappa shape index (κ3) is 8.32. The van der Waals surface area contributed by atoms with E-state index in [1.807, 2.05) is 0 Å². The van der Waals surface area contributed by atoms with Crippen molar-refractivity contribution in [3.05, 3.63) is 96.1 Å². The number of nitrogens with two attached hydrogens (primary N) is 1. The van der Waals surface area contributed by atoms with E-state index in [1.165, 1.54) is 60.7 Å². The van der Waals surface area contributed by atoms with Crippen LogP contribution in [0.1, 0.15) is 20.7 Å². The van der Waals surface area contributed by atoms with E-state index in [9.17, 15) is 63.8 Å². The van der Waals surface area contributed by atoms with Gasteiger partial charge in [-0.2, -0.15) is 30.4 Å². The summed E-state index contributed by atoms with van der Waals surface area (Å²) in [6, 6.07) is 16.4. The van der Waals surface area contributed by atoms with E-state index >= 15 is 0 Å². The molecule has 0 heterocycles. The Balaban J connectivity index is 1.50. The van der Waals surface area contributed by atoms with Crippen molar-refractivity contribution in [3.63, 3.8) is 0 Å². The average Bonchev–Trinajstić information content (AvgIpc) is 3.18. The Morgan fingerprint density at radius 2 is 1.10 bits per heavy atom. The number of hydrogen-bond donors (Lipinski definition) is 7. The van der Waals surface area contributed by atoms with Crippen LogP contribution in [0, 0.1) is 0 Å². The maximum Gasteiger partial charge on any atom is 0.340 e. The molecular weight excluding hydrogens is 855 g/mol. The van der Waals surface area contributed by atoms with Gasteiger partial charge in [0.1, 0.15) is 43.1 Å². The summed E-state index contributed by atoms with van der Waals surface area (Å²) in [6.07, 6.45) is 0. The molecule has 0 unspecified atom stereocenters. The second-order valence-corrected chi connectivity index (χ2v) is 16.3. The maximum atomic E-state index is 12.6. The molecule has 0 bridgehead atoms. The highest BCUT2D eigenvalue weighted by Crippen LogP contribution is 2.49. The number of phenolic OH excluding ortho intramolecular Hbond substituents is 2. The van der Waals surface area contributed by atoms with Gasteiger partial charge in [0.2, 0.25) is 0 Å². The fraction of sp³-hybridized carbons (Fsp3) is 0.0286. The fourth-order valence-electron chi connectivity index (χ4n) is 5.70. The van der Waals surface area contributed by atoms with Crippen molar-refractivity contribution in [3.8, 4) is 11.5 Å². The largest absolute Gasteiger partial charge is 0.505 e. The zero-order valence-corrected chi connectivity index (χ0v) is 32.4. The molecule has 0 spiro atoms. The number of hydrogen-bond acceptors (Lipinski definition) is 18. The Morgan fingerprint density at radius 3 is 1.67 bits per heavy atom. The summed E-state index contributed by atoms with van der Waals surface area (Å²) < 4.78 is 110. The number of rotatable bonds is 11. The van der Waals surface area contributed by atoms with Gasteiger partial charge in [-0.05, 0) is 66.0 Å². The van der Waals surface area contributed by atoms with E-state index in [0.717, 1.165) is 19.2 Å². The van der Waals surface area contributed by atoms with E-state index < -0.39 is 102 Å². The van der Waals surface area contributed by atoms with Crippen molar-refractivity contribution < 1.29 is 68.6 Å². The molecule has 6 aromatic rings. The highest BCUT2D eigenvalue weighted by atomic mass is 32.2. The van der Waals surface area contributed by atoms with Crippen LogP contribution in [0.4, 0.5) is 39.8 Å². The Labute approximate surface area is 336 Å². The van der Waals surface area contributed by atoms with Gasteiger partial charge in [-0.3, -0.25) is 13.7 Å². The molecule has 22 nitrogen and oxygen atoms in total. The van der Waals surface area contributed by atoms with Gasteiger partial charge < -0.3 is 25.8 Å². The van der Waals surface area contributed by atoms with Gasteiger partial charge in [0.25, 0.3) is 30.4 Å². The predicted molar refractivity (Wildman–Crippen MR) is 209 cm³/mol. The van der Waals surface area contributed by atoms with Crippen molar-refractivity contribution in [1.82, 2.24) is 0 Å². The number of carboxylic acid groups (broad SMARTS) is 1. The minimum Gasteiger partial charge on any atom is -0.505 e. The van der Waals surface area contributed by atoms with Crippen LogP contribution in [0.15, 0.2) is 130 Å². The van der Waals surface area contributed by atoms with E-state index in [1.54, 1.807) is 0 Å². The van der Waals surface area contributed by atoms with Crippen LogP contribution < -0.4 is 5.73 Å². The number of azo groups is 3. The minimum atomic E-state index is -5.34. The molecule has 6 aromatic carbocycles. The lowest BCUT2D eigenvalue weighted by atomic mass is 10.0. The summed E-state index contributed by atoms with van der Waals surface area (Å²) in [5, 5.41) is 53.2. The molecule has 0 saturated carbocycles. The summed E-state index contributed by atoms with van der Waals surface area (Å²) in [6.45, 7) is 0. The Hall–Kier alpha value is -7.29. The number of phenols is 2. The second kappa shape index (κ2) is 15.8. The first-order valence-electron chi connectivity index (χ1n) is 16.2. The SMILES string of the molecule is COC(=O)c1ccccc1N=Nc1c(S(=O)(=O)O)cc2c(S(=O)(=O)O)cc(N=Nc3ccc4c(O)c(N=Nc5ccccc5C(=O)O)c(S(=O)(=O)O)cc4c3)c(N)c2c1O. The van der Waals surface area contributed by atoms with Crippen molar-refractivity contribution >= 4 is 104 Å². The summed E-state index contributed by atoms with van der Waals surface area (Å²) in [7, 11) is -14.7. The number of nitrogen functional groups attached to an aromatic ring is 1. The molecule has 0 atom stereocenters. The standard InChI is InChI=1S/C35H25N7O15S3/c1-57-35(47)20-7-3-5-9-23(20)39-42-31-27(60(54,55)56)14-21-25(58(48,49)50)15-24(29(36)28(21)33(31)44)40-37-17-10-11-18-16(12-17)13-26(59(51,52)53)30(32(18)43)41-38-22-8-4-2-6-19(22)34(45)46/h2-15,43-44H,36H2,1H3,(H,45,46)(H,48,49,50)(H,51,52,53)(H,54,55,56). The molecular formula is C35H25N7O15S3. The number of aromatic hydroxyl groups is 2. The van der Waals surface area contributed by atoms with E-state index in [4.69, 9.17) is 5.73 Å². The van der Waals surface area contributed by atoms with Gasteiger partial charge in [-0.25, -0.2) is 9.59 Å². The van der Waals surface area contributed by atoms with Crippen molar-refractivity contribution in [1.29, 1.82) is 0 Å². The lowest BCUT2D eigenvalue weighted by molar-refractivity contribution is 0.0600. The van der Waals surface area contributed by atoms with Crippen LogP contribution in [0.25, 0.3) is 21.5 Å². The molecule has 8 N–H and O–H groups in total. The topological polar surface area (TPSA) is 367 Å². The number of fused-ring (bicyclic) bond motifs is 2. The van der Waals surface area contributed by atoms with Gasteiger partial charge in [0.05, 0.1) is 35.0 Å². The monoisotopic (exact) mass is 879 g/mol. The zero-order chi connectivity index (χ0) is 43.9. The van der Waals surface area contributed by atoms with Crippen LogP contribution in [-0.2, 0) is 35.1 Å². The molecule has 25 heteroatoms. The number of benzene rings is 6. The molecule has 0 fully saturated rings. The maximum absolute atomic E-state index is 12.6. The van der Waals surface area contributed by atoms with Gasteiger partial charge in [-0.1, -0.05) is 24.3 Å². The molecule has 0 aliphatic heterocycles. The molecule has 60 heavy (non-hydrogen) atoms. The number of methoxy groups -OCH3 is 1. The zero-order valence-electron chi connectivity index (χ0n) is 29.9. The summed E-state index contributed by atoms with van der Waals surface area (Å²) >= 11 is 0. The Morgan fingerprint density at radius 1 is 0.583 bits per heavy atom. The van der Waals surface area contributed by atoms with Crippen molar-refractivity contribution in [2.75, 3.05) is 12.8 Å². The number of carboxylic acids is 1. The number of aromatic carboxylic acids is 1. The number of esters is 1. The van der Waals surface area contributed by atoms with Gasteiger partial charge in [0, 0.05) is 10.8 Å². The van der Waals surface area contributed by atoms with Gasteiger partial charge >= 0.3 is 11.9 Å². The quantitative estimate of drug-likeness (QED) is 0.0287. The smallest absolute Gasteiger partial charge is 0.340 e. The van der Waals surface area contributed by atoms with Crippen molar-refractivity contribution in [2.45, 2.75) is 14.7 Å². The van der Waals surface area contributed by atoms with Crippen LogP contribution in [0.2, 0.25) is 0 Å². The molecule has 0 radical (unpaired) electrons. The third-order valence-electron chi connectivity index (χ3n) is 8.42.